The largest absolute Gasteiger partial charge is 1.00 e. The molecule has 778 valence electrons. The first kappa shape index (κ1) is 121. The summed E-state index contributed by atoms with van der Waals surface area (Å²) in [6.07, 6.45) is 42.1. The second kappa shape index (κ2) is 49.3. The minimum atomic E-state index is -2.81. The van der Waals surface area contributed by atoms with Crippen LogP contribution in [0, 0.1) is 133 Å². The average molecular weight is 2110 g/mol. The van der Waals surface area contributed by atoms with Crippen molar-refractivity contribution < 1.29 is 111 Å². The molecule has 17 rings (SSSR count). The number of hydrogen-bond donors (Lipinski definition) is 6. The zero-order valence-corrected chi connectivity index (χ0v) is 94.8. The van der Waals surface area contributed by atoms with E-state index in [0.29, 0.717) is 163 Å². The summed E-state index contributed by atoms with van der Waals surface area (Å²) >= 11 is 5.50. The van der Waals surface area contributed by atoms with Gasteiger partial charge in [-0.25, -0.2) is 51.1 Å². The molecule has 2 aromatic carbocycles. The van der Waals surface area contributed by atoms with Gasteiger partial charge in [0.25, 0.3) is 0 Å². The molecule has 21 nitrogen and oxygen atoms in total. The number of aliphatic hydroxyl groups is 2. The molecule has 8 N–H and O–H groups in total. The Hall–Kier alpha value is -2.48. The number of alkyl halides is 1. The smallest absolute Gasteiger partial charge is 0.870 e. The first-order chi connectivity index (χ1) is 63.6. The van der Waals surface area contributed by atoms with Crippen LogP contribution in [0.2, 0.25) is 0 Å². The molecule has 2 aromatic rings. The maximum atomic E-state index is 12.0. The van der Waals surface area contributed by atoms with Crippen LogP contribution in [0.5, 0.6) is 0 Å². The van der Waals surface area contributed by atoms with E-state index in [2.05, 4.69) is 172 Å². The third-order valence-electron chi connectivity index (χ3n) is 38.5. The van der Waals surface area contributed by atoms with Gasteiger partial charge in [0.05, 0.1) is 63.9 Å². The van der Waals surface area contributed by atoms with Crippen molar-refractivity contribution in [1.82, 2.24) is 10.6 Å². The van der Waals surface area contributed by atoms with Gasteiger partial charge in [0.2, 0.25) is 9.23 Å². The molecule has 15 aliphatic rings. The van der Waals surface area contributed by atoms with Crippen molar-refractivity contribution in [3.8, 4) is 0 Å². The Labute approximate surface area is 869 Å². The van der Waals surface area contributed by atoms with Crippen LogP contribution < -0.4 is 45.9 Å². The molecule has 4 saturated heterocycles. The Balaban J connectivity index is 0.000000240. The summed E-state index contributed by atoms with van der Waals surface area (Å²) in [5.41, 5.74) is 17.3. The van der Waals surface area contributed by atoms with Gasteiger partial charge in [-0.2, -0.15) is 9.59 Å². The van der Waals surface area contributed by atoms with E-state index in [1.807, 2.05) is 12.1 Å². The summed E-state index contributed by atoms with van der Waals surface area (Å²) in [5.74, 6) is 11.3. The summed E-state index contributed by atoms with van der Waals surface area (Å²) < 4.78 is 122. The number of carboxylic acid groups (broad SMARTS) is 1. The first-order valence-corrected chi connectivity index (χ1v) is 63.5. The van der Waals surface area contributed by atoms with Crippen molar-refractivity contribution >= 4 is 115 Å². The zero-order chi connectivity index (χ0) is 100. The molecule has 4 unspecified atom stereocenters. The van der Waals surface area contributed by atoms with Gasteiger partial charge in [0.15, 0.2) is 49.2 Å². The van der Waals surface area contributed by atoms with E-state index in [4.69, 9.17) is 41.3 Å². The number of fused-ring (bicyclic) bond motifs is 14. The van der Waals surface area contributed by atoms with Crippen molar-refractivity contribution in [2.75, 3.05) is 90.5 Å². The van der Waals surface area contributed by atoms with Crippen molar-refractivity contribution in [2.45, 2.75) is 300 Å². The molecule has 5 heterocycles. The zero-order valence-electron chi connectivity index (χ0n) is 85.6. The molecule has 0 aromatic heterocycles. The molecule has 8 saturated carbocycles. The maximum Gasteiger partial charge on any atom is 1.00 e. The Morgan fingerprint density at radius 1 is 0.493 bits per heavy atom. The van der Waals surface area contributed by atoms with Gasteiger partial charge in [-0.3, -0.25) is 0 Å². The Morgan fingerprint density at radius 2 is 0.841 bits per heavy atom. The van der Waals surface area contributed by atoms with E-state index in [1.165, 1.54) is 148 Å². The molecular weight excluding hydrogens is 1940 g/mol. The molecule has 31 heteroatoms. The van der Waals surface area contributed by atoms with Crippen LogP contribution in [0.15, 0.2) is 96.5 Å². The number of aryl methyl sites for hydroxylation is 1. The normalized spacial score (nSPS) is 37.2. The van der Waals surface area contributed by atoms with E-state index in [-0.39, 0.29) is 92.6 Å². The minimum Gasteiger partial charge on any atom is -0.870 e. The Kier molecular flexibility index (Phi) is 43.1. The predicted molar refractivity (Wildman–Crippen MR) is 558 cm³/mol. The third-order valence-corrected chi connectivity index (χ3v) is 47.5. The SMILES string of the molecule is C=C(C)[C@@H]1CC[C@]2(NCCCC3CCS(=O)(=O)C3)CC[C@]3(C)[C@H](CC[C@@H]4[C@@]5(C)CC=C(c6ccc(C(=O)O)cc6)C(C)(C)[C@@H]5CC[C@]43C)[C@@H]12.C=C(C)[C@@H]1CC[C@]2(NCCCC3CCS(=O)(=O)C3)CC[C@]3(C)[C@H](CC[C@@H]4[C@@]5(C)CC=C(c6ccc(C)cc6)C(C)(C)[C@@H]5CC[C@]43C)[C@@H]12.NCCO.O=C=O.O=S(Cl)Cl.O=S1(=O)C=CCC1.O=S1(=O)CCC(CCCCl)C1.O=S1(=O)CCC(CCCO)C1.[Na+].[OH-]. The Morgan fingerprint density at radius 3 is 1.13 bits per heavy atom. The maximum absolute atomic E-state index is 12.0. The fourth-order valence-electron chi connectivity index (χ4n) is 31.7. The molecular formula is C107H169Cl3N3NaO18S6. The van der Waals surface area contributed by atoms with Gasteiger partial charge < -0.3 is 37.2 Å². The van der Waals surface area contributed by atoms with Crippen LogP contribution in [-0.4, -0.2) is 181 Å². The minimum absolute atomic E-state index is 0. The number of sulfone groups is 5. The van der Waals surface area contributed by atoms with Crippen LogP contribution in [0.1, 0.15) is 309 Å². The van der Waals surface area contributed by atoms with E-state index >= 15 is 0 Å². The number of aromatic carboxylic acids is 1. The number of nitrogens with one attached hydrogen (secondary N) is 2. The molecule has 12 fully saturated rings. The molecule has 0 amide bonds. The first-order valence-electron chi connectivity index (χ1n) is 51.1. The van der Waals surface area contributed by atoms with Crippen LogP contribution >= 0.6 is 33.0 Å². The molecule has 0 spiro atoms. The topological polar surface area (TPSA) is 380 Å². The Bertz CT molecular complexity index is 5180. The van der Waals surface area contributed by atoms with Gasteiger partial charge in [0.1, 0.15) is 0 Å². The van der Waals surface area contributed by atoms with Crippen LogP contribution in [-0.2, 0) is 68.0 Å². The number of carboxylic acids is 1. The quantitative estimate of drug-likeness (QED) is 0.0210. The number of allylic oxidation sites excluding steroid dienone is 7. The van der Waals surface area contributed by atoms with Crippen molar-refractivity contribution in [3.63, 3.8) is 0 Å². The second-order valence-corrected chi connectivity index (χ2v) is 60.6. The van der Waals surface area contributed by atoms with Crippen molar-refractivity contribution in [2.24, 2.45) is 132 Å². The fraction of sp³-hybridized carbons (Fsp3) is 0.776. The number of rotatable bonds is 22. The van der Waals surface area contributed by atoms with Gasteiger partial charge in [0, 0.05) is 56.9 Å². The van der Waals surface area contributed by atoms with Crippen molar-refractivity contribution in [3.05, 3.63) is 119 Å². The molecule has 138 heavy (non-hydrogen) atoms. The number of carbonyl (C=O) groups excluding carboxylic acids is 2. The van der Waals surface area contributed by atoms with Gasteiger partial charge in [-0.1, -0.05) is 154 Å². The summed E-state index contributed by atoms with van der Waals surface area (Å²) in [5, 5.41) is 35.5. The fourth-order valence-corrected chi connectivity index (χ4v) is 40.6. The standard InChI is InChI=1S/C43H63NO4S.C43H65NO2S.C7H13ClO2S.C7H14O3S.C4H6O2S.C2H7NO.CO2.Cl2OS.Na.H2O/c1-28(2)32-16-22-43(44-25-8-9-29-19-26-49(47,48)27-29)24-23-41(6)34(37(32)43)14-15-36-40(5)20-17-33(30-10-12-31(13-11-30)38(45)46)39(3,4)35(40)18-21-42(36,41)7;1-29(2)33-17-23-43(44-26-9-10-31-20-27-47(45,46)28-31)25-24-41(7)35(38(33)43)15-16-37-40(6)21-18-34(32-13-11-30(3)12-14-32)39(4,5)36(40)19-22-42(37,41)8;2*8-4-1-2-7-3-5-11(9,10)6-7;5-7(6)3-1-2-4-7;3-1-2-4;2-1-3;1-4(2)3;;/h10-13,17,29,32,34-37,44H,1,8-9,14-16,18-27H2,2-7H3,(H,45,46);11-14,18,31,33,35-38,44H,1,9-10,15-17,19-28H2,2-8H3;7H,1-6H2;7-8H,1-6H2;1,3H,2,4H2;4H,1-3H2;;;;1H2/q;;;;;;;;+1;/p-1/t29?,32-,34+,35-,36+,37+,40-,41+,42+,43-;31?,33-,35+,36-,37+,38+,40-,41+,42+,43-;;;;;;;;/m00......../s1. The summed E-state index contributed by atoms with van der Waals surface area (Å²) in [6, 6.07) is 16.9. The number of benzene rings is 2. The van der Waals surface area contributed by atoms with Crippen LogP contribution in [0.25, 0.3) is 11.1 Å². The molecule has 0 radical (unpaired) electrons. The number of nitrogens with two attached hydrogens (primary N) is 1. The predicted octanol–water partition coefficient (Wildman–Crippen LogP) is 18.0. The average Bonchev–Trinajstić information content (AvgIpc) is 1.05. The summed E-state index contributed by atoms with van der Waals surface area (Å²) in [7, 11) is -6.35. The van der Waals surface area contributed by atoms with E-state index in [1.54, 1.807) is 23.8 Å². The summed E-state index contributed by atoms with van der Waals surface area (Å²) in [6.45, 7) is 45.0. The van der Waals surface area contributed by atoms with Crippen LogP contribution in [0.3, 0.4) is 0 Å². The molecule has 10 aliphatic carbocycles. The molecule has 0 bridgehead atoms. The monoisotopic (exact) mass is 2100 g/mol. The number of halogens is 3. The van der Waals surface area contributed by atoms with Crippen LogP contribution in [0.4, 0.5) is 0 Å². The van der Waals surface area contributed by atoms with Gasteiger partial charge >= 0.3 is 41.7 Å². The van der Waals surface area contributed by atoms with E-state index in [0.717, 1.165) is 108 Å². The third kappa shape index (κ3) is 27.2. The van der Waals surface area contributed by atoms with Crippen molar-refractivity contribution in [1.29, 1.82) is 0 Å². The van der Waals surface area contributed by atoms with Gasteiger partial charge in [-0.05, 0) is 393 Å². The molecule has 22 atom stereocenters. The number of carbonyl (C=O) groups is 1. The van der Waals surface area contributed by atoms with E-state index in [9.17, 15) is 52.0 Å². The van der Waals surface area contributed by atoms with E-state index < -0.39 is 64.4 Å². The molecule has 5 aliphatic heterocycles. The number of aliphatic hydroxyl groups excluding tert-OH is 2. The second-order valence-electron chi connectivity index (χ2n) is 46.7. The summed E-state index contributed by atoms with van der Waals surface area (Å²) in [4.78, 5) is 27.8. The van der Waals surface area contributed by atoms with Gasteiger partial charge in [-0.15, -0.1) is 11.6 Å². The number of hydrogen-bond acceptors (Lipinski definition) is 20.